The monoisotopic (exact) mass is 377 g/mol. The molecule has 0 atom stereocenters. The highest BCUT2D eigenvalue weighted by Crippen LogP contribution is 2.25. The van der Waals surface area contributed by atoms with Crippen molar-refractivity contribution < 1.29 is 4.74 Å². The van der Waals surface area contributed by atoms with Crippen LogP contribution in [0, 0.1) is 11.8 Å². The van der Waals surface area contributed by atoms with E-state index in [0.717, 1.165) is 22.4 Å². The van der Waals surface area contributed by atoms with Crippen molar-refractivity contribution in [1.29, 1.82) is 0 Å². The molecule has 0 saturated carbocycles. The first-order valence-corrected chi connectivity index (χ1v) is 9.74. The van der Waals surface area contributed by atoms with E-state index in [1.54, 1.807) is 0 Å². The summed E-state index contributed by atoms with van der Waals surface area (Å²) in [6.07, 6.45) is 0. The summed E-state index contributed by atoms with van der Waals surface area (Å²) in [6.45, 7) is 6.05. The van der Waals surface area contributed by atoms with Crippen LogP contribution in [0.2, 0.25) is 0 Å². The third-order valence-corrected chi connectivity index (χ3v) is 4.43. The number of hydrogen-bond donors (Lipinski definition) is 0. The van der Waals surface area contributed by atoms with Gasteiger partial charge in [-0.2, -0.15) is 0 Å². The maximum atomic E-state index is 5.93. The van der Waals surface area contributed by atoms with E-state index in [4.69, 9.17) is 9.72 Å². The molecule has 0 spiro atoms. The molecule has 0 aliphatic heterocycles. The minimum atomic E-state index is -0.291. The van der Waals surface area contributed by atoms with Crippen LogP contribution in [-0.2, 0) is 0 Å². The first kappa shape index (κ1) is 18.8. The molecular formula is C27H23NO. The largest absolute Gasteiger partial charge is 0.472 e. The molecule has 3 aromatic carbocycles. The van der Waals surface area contributed by atoms with Gasteiger partial charge >= 0.3 is 0 Å². The highest BCUT2D eigenvalue weighted by atomic mass is 16.5. The molecule has 1 heterocycles. The Morgan fingerprint density at radius 1 is 0.724 bits per heavy atom. The summed E-state index contributed by atoms with van der Waals surface area (Å²) in [6, 6.07) is 28.6. The predicted octanol–water partition coefficient (Wildman–Crippen LogP) is 6.48. The van der Waals surface area contributed by atoms with Gasteiger partial charge in [0.15, 0.2) is 0 Å². The molecule has 29 heavy (non-hydrogen) atoms. The molecule has 2 nitrogen and oxygen atoms in total. The van der Waals surface area contributed by atoms with Gasteiger partial charge in [0.25, 0.3) is 0 Å². The van der Waals surface area contributed by atoms with Crippen LogP contribution in [0.15, 0.2) is 84.9 Å². The van der Waals surface area contributed by atoms with Gasteiger partial charge in [-0.25, -0.2) is 4.98 Å². The second-order valence-corrected chi connectivity index (χ2v) is 7.93. The number of aromatic nitrogens is 1. The number of nitrogens with zero attached hydrogens (tertiary/aromatic N) is 1. The number of fused-ring (bicyclic) bond motifs is 1. The van der Waals surface area contributed by atoms with Gasteiger partial charge < -0.3 is 4.74 Å². The van der Waals surface area contributed by atoms with Crippen molar-refractivity contribution >= 4 is 10.8 Å². The zero-order valence-electron chi connectivity index (χ0n) is 16.9. The summed E-state index contributed by atoms with van der Waals surface area (Å²) in [5.41, 5.74) is 3.51. The fraction of sp³-hybridized carbons (Fsp3) is 0.148. The average Bonchev–Trinajstić information content (AvgIpc) is 2.71. The average molecular weight is 377 g/mol. The Kier molecular flexibility index (Phi) is 5.06. The maximum Gasteiger partial charge on any atom is 0.214 e. The Morgan fingerprint density at radius 3 is 2.31 bits per heavy atom. The molecule has 0 fully saturated rings. The molecule has 0 unspecified atom stereocenters. The number of rotatable bonds is 2. The van der Waals surface area contributed by atoms with Gasteiger partial charge in [0.1, 0.15) is 5.60 Å². The first-order chi connectivity index (χ1) is 14.0. The predicted molar refractivity (Wildman–Crippen MR) is 120 cm³/mol. The van der Waals surface area contributed by atoms with Gasteiger partial charge in [-0.15, -0.1) is 0 Å². The molecule has 0 radical (unpaired) electrons. The number of pyridine rings is 1. The summed E-state index contributed by atoms with van der Waals surface area (Å²) in [7, 11) is 0. The van der Waals surface area contributed by atoms with Gasteiger partial charge in [0, 0.05) is 22.8 Å². The first-order valence-electron chi connectivity index (χ1n) is 9.74. The Hall–Kier alpha value is -3.57. The zero-order chi connectivity index (χ0) is 20.3. The molecule has 1 aromatic heterocycles. The van der Waals surface area contributed by atoms with Crippen LogP contribution in [0.4, 0.5) is 0 Å². The van der Waals surface area contributed by atoms with Crippen LogP contribution in [-0.4, -0.2) is 10.6 Å². The summed E-state index contributed by atoms with van der Waals surface area (Å²) >= 11 is 0. The normalized spacial score (nSPS) is 11.0. The topological polar surface area (TPSA) is 22.1 Å². The summed E-state index contributed by atoms with van der Waals surface area (Å²) in [4.78, 5) is 4.69. The Morgan fingerprint density at radius 2 is 1.48 bits per heavy atom. The second kappa shape index (κ2) is 7.81. The number of hydrogen-bond acceptors (Lipinski definition) is 2. The third kappa shape index (κ3) is 4.65. The molecule has 4 rings (SSSR count). The highest BCUT2D eigenvalue weighted by Gasteiger charge is 2.13. The molecule has 0 aliphatic carbocycles. The van der Waals surface area contributed by atoms with Gasteiger partial charge in [-0.1, -0.05) is 66.4 Å². The Balaban J connectivity index is 1.69. The molecule has 2 heteroatoms. The standard InChI is InChI=1S/C27H23NO/c1-27(2,3)29-26-14-8-13-25(28-26)24-12-7-6-10-22(24)18-16-20-15-17-21-9-4-5-11-23(21)19-20/h4-15,17,19H,1-3H3. The lowest BCUT2D eigenvalue weighted by Crippen LogP contribution is -2.23. The Bertz CT molecular complexity index is 1220. The fourth-order valence-corrected chi connectivity index (χ4v) is 3.16. The smallest absolute Gasteiger partial charge is 0.214 e. The summed E-state index contributed by atoms with van der Waals surface area (Å²) in [5.74, 6) is 7.25. The van der Waals surface area contributed by atoms with Crippen LogP contribution in [0.25, 0.3) is 22.0 Å². The molecule has 0 N–H and O–H groups in total. The quantitative estimate of drug-likeness (QED) is 0.373. The lowest BCUT2D eigenvalue weighted by atomic mass is 10.0. The molecule has 0 saturated heterocycles. The minimum absolute atomic E-state index is 0.291. The molecule has 4 aromatic rings. The van der Waals surface area contributed by atoms with Gasteiger partial charge in [0.2, 0.25) is 5.88 Å². The highest BCUT2D eigenvalue weighted by molar-refractivity contribution is 5.83. The van der Waals surface area contributed by atoms with E-state index in [2.05, 4.69) is 48.2 Å². The Labute approximate surface area is 172 Å². The van der Waals surface area contributed by atoms with Crippen molar-refractivity contribution in [3.8, 4) is 29.0 Å². The number of benzene rings is 3. The lowest BCUT2D eigenvalue weighted by Gasteiger charge is -2.20. The van der Waals surface area contributed by atoms with E-state index in [1.807, 2.05) is 69.3 Å². The van der Waals surface area contributed by atoms with E-state index < -0.39 is 0 Å². The summed E-state index contributed by atoms with van der Waals surface area (Å²) < 4.78 is 5.93. The number of ether oxygens (including phenoxy) is 1. The lowest BCUT2D eigenvalue weighted by molar-refractivity contribution is 0.124. The van der Waals surface area contributed by atoms with Crippen molar-refractivity contribution in [2.24, 2.45) is 0 Å². The van der Waals surface area contributed by atoms with Crippen LogP contribution >= 0.6 is 0 Å². The third-order valence-electron chi connectivity index (χ3n) is 4.43. The van der Waals surface area contributed by atoms with Crippen LogP contribution < -0.4 is 4.74 Å². The molecule has 0 bridgehead atoms. The summed E-state index contributed by atoms with van der Waals surface area (Å²) in [5, 5.41) is 2.42. The van der Waals surface area contributed by atoms with Crippen molar-refractivity contribution in [2.75, 3.05) is 0 Å². The van der Waals surface area contributed by atoms with Crippen LogP contribution in [0.5, 0.6) is 5.88 Å². The zero-order valence-corrected chi connectivity index (χ0v) is 16.9. The van der Waals surface area contributed by atoms with Gasteiger partial charge in [0.05, 0.1) is 5.69 Å². The van der Waals surface area contributed by atoms with E-state index in [1.165, 1.54) is 10.8 Å². The van der Waals surface area contributed by atoms with Crippen molar-refractivity contribution in [2.45, 2.75) is 26.4 Å². The minimum Gasteiger partial charge on any atom is -0.472 e. The SMILES string of the molecule is CC(C)(C)Oc1cccc(-c2ccccc2C#Cc2ccc3ccccc3c2)n1. The maximum absolute atomic E-state index is 5.93. The van der Waals surface area contributed by atoms with Crippen LogP contribution in [0.1, 0.15) is 31.9 Å². The fourth-order valence-electron chi connectivity index (χ4n) is 3.16. The molecule has 0 aliphatic rings. The van der Waals surface area contributed by atoms with Crippen LogP contribution in [0.3, 0.4) is 0 Å². The van der Waals surface area contributed by atoms with Crippen molar-refractivity contribution in [3.05, 3.63) is 96.1 Å². The molecular weight excluding hydrogens is 354 g/mol. The van der Waals surface area contributed by atoms with Crippen molar-refractivity contribution in [1.82, 2.24) is 4.98 Å². The van der Waals surface area contributed by atoms with E-state index in [0.29, 0.717) is 5.88 Å². The van der Waals surface area contributed by atoms with E-state index >= 15 is 0 Å². The van der Waals surface area contributed by atoms with E-state index in [9.17, 15) is 0 Å². The van der Waals surface area contributed by atoms with Gasteiger partial charge in [-0.3, -0.25) is 0 Å². The van der Waals surface area contributed by atoms with E-state index in [-0.39, 0.29) is 5.60 Å². The van der Waals surface area contributed by atoms with Crippen molar-refractivity contribution in [3.63, 3.8) is 0 Å². The van der Waals surface area contributed by atoms with Gasteiger partial charge in [-0.05, 0) is 55.8 Å². The molecule has 142 valence electrons. The second-order valence-electron chi connectivity index (χ2n) is 7.93. The molecule has 0 amide bonds.